The summed E-state index contributed by atoms with van der Waals surface area (Å²) in [6.45, 7) is 0.613. The molecular weight excluding hydrogens is 302 g/mol. The second kappa shape index (κ2) is 6.35. The van der Waals surface area contributed by atoms with Crippen molar-refractivity contribution in [3.05, 3.63) is 34.1 Å². The van der Waals surface area contributed by atoms with Crippen LogP contribution in [0.2, 0.25) is 0 Å². The minimum Gasteiger partial charge on any atom is -0.313 e. The summed E-state index contributed by atoms with van der Waals surface area (Å²) in [4.78, 5) is 0. The molecule has 0 aliphatic heterocycles. The summed E-state index contributed by atoms with van der Waals surface area (Å²) in [5.41, 5.74) is 0.698. The molecule has 0 saturated carbocycles. The predicted octanol–water partition coefficient (Wildman–Crippen LogP) is 4.02. The van der Waals surface area contributed by atoms with E-state index < -0.39 is 12.6 Å². The lowest BCUT2D eigenvalue weighted by Crippen LogP contribution is -2.17. The van der Waals surface area contributed by atoms with Crippen molar-refractivity contribution >= 4 is 15.9 Å². The Labute approximate surface area is 105 Å². The molecule has 0 amide bonds. The third-order valence-corrected chi connectivity index (χ3v) is 2.52. The Bertz CT molecular complexity index is 345. The van der Waals surface area contributed by atoms with E-state index in [1.807, 2.05) is 0 Å². The summed E-state index contributed by atoms with van der Waals surface area (Å²) >= 11 is 3.15. The van der Waals surface area contributed by atoms with Crippen molar-refractivity contribution < 1.29 is 17.6 Å². The Balaban J connectivity index is 2.27. The lowest BCUT2D eigenvalue weighted by molar-refractivity contribution is -0.135. The Morgan fingerprint density at radius 3 is 2.47 bits per heavy atom. The van der Waals surface area contributed by atoms with Gasteiger partial charge in [0.25, 0.3) is 0 Å². The van der Waals surface area contributed by atoms with Gasteiger partial charge < -0.3 is 5.32 Å². The average molecular weight is 314 g/mol. The highest BCUT2D eigenvalue weighted by Crippen LogP contribution is 2.20. The Kier molecular flexibility index (Phi) is 5.39. The summed E-state index contributed by atoms with van der Waals surface area (Å²) in [5.74, 6) is -0.369. The molecule has 0 aromatic heterocycles. The maximum absolute atomic E-state index is 13.0. The minimum atomic E-state index is -4.11. The molecule has 6 heteroatoms. The zero-order valence-electron chi connectivity index (χ0n) is 8.95. The van der Waals surface area contributed by atoms with Crippen LogP contribution in [0.5, 0.6) is 0 Å². The van der Waals surface area contributed by atoms with Crippen LogP contribution in [-0.2, 0) is 6.54 Å². The fraction of sp³-hybridized carbons (Fsp3) is 0.455. The van der Waals surface area contributed by atoms with E-state index in [0.717, 1.165) is 0 Å². The molecular formula is C11H12BrF4N. The van der Waals surface area contributed by atoms with Gasteiger partial charge in [0.1, 0.15) is 5.82 Å². The predicted molar refractivity (Wildman–Crippen MR) is 61.1 cm³/mol. The molecule has 1 N–H and O–H groups in total. The number of benzene rings is 1. The molecule has 0 aliphatic rings. The third kappa shape index (κ3) is 6.63. The van der Waals surface area contributed by atoms with Gasteiger partial charge in [-0.1, -0.05) is 15.9 Å². The van der Waals surface area contributed by atoms with Gasteiger partial charge in [-0.3, -0.25) is 0 Å². The molecule has 0 aliphatic carbocycles. The van der Waals surface area contributed by atoms with Crippen molar-refractivity contribution in [3.63, 3.8) is 0 Å². The number of halogens is 5. The summed E-state index contributed by atoms with van der Waals surface area (Å²) in [7, 11) is 0. The highest BCUT2D eigenvalue weighted by Gasteiger charge is 2.25. The van der Waals surface area contributed by atoms with Crippen LogP contribution in [0.3, 0.4) is 0 Å². The van der Waals surface area contributed by atoms with Crippen LogP contribution in [0.1, 0.15) is 18.4 Å². The average Bonchev–Trinajstić information content (AvgIpc) is 2.13. The van der Waals surface area contributed by atoms with Crippen LogP contribution in [0.25, 0.3) is 0 Å². The van der Waals surface area contributed by atoms with Crippen molar-refractivity contribution in [3.8, 4) is 0 Å². The normalized spacial score (nSPS) is 11.8. The standard InChI is InChI=1S/C11H12BrF4N/c12-9-4-8(5-10(13)6-9)7-17-3-1-2-11(14,15)16/h4-6,17H,1-3,7H2. The Morgan fingerprint density at radius 1 is 1.18 bits per heavy atom. The van der Waals surface area contributed by atoms with Gasteiger partial charge in [0.15, 0.2) is 0 Å². The molecule has 96 valence electrons. The SMILES string of the molecule is Fc1cc(Br)cc(CNCCCC(F)(F)F)c1. The molecule has 0 unspecified atom stereocenters. The molecule has 17 heavy (non-hydrogen) atoms. The summed E-state index contributed by atoms with van der Waals surface area (Å²) in [6.07, 6.45) is -4.88. The molecule has 1 aromatic rings. The van der Waals surface area contributed by atoms with Gasteiger partial charge in [-0.25, -0.2) is 4.39 Å². The topological polar surface area (TPSA) is 12.0 Å². The van der Waals surface area contributed by atoms with Gasteiger partial charge in [-0.15, -0.1) is 0 Å². The molecule has 1 nitrogen and oxygen atoms in total. The smallest absolute Gasteiger partial charge is 0.313 e. The van der Waals surface area contributed by atoms with Crippen molar-refractivity contribution in [2.75, 3.05) is 6.54 Å². The molecule has 0 bridgehead atoms. The first-order chi connectivity index (χ1) is 7.87. The Hall–Kier alpha value is -0.620. The minimum absolute atomic E-state index is 0.0278. The van der Waals surface area contributed by atoms with Crippen LogP contribution in [-0.4, -0.2) is 12.7 Å². The lowest BCUT2D eigenvalue weighted by Gasteiger charge is -2.07. The quantitative estimate of drug-likeness (QED) is 0.639. The fourth-order valence-electron chi connectivity index (χ4n) is 1.36. The molecule has 0 heterocycles. The van der Waals surface area contributed by atoms with E-state index in [-0.39, 0.29) is 18.8 Å². The summed E-state index contributed by atoms with van der Waals surface area (Å²) in [6, 6.07) is 4.40. The zero-order valence-corrected chi connectivity index (χ0v) is 10.5. The monoisotopic (exact) mass is 313 g/mol. The Morgan fingerprint density at radius 2 is 1.88 bits per heavy atom. The van der Waals surface area contributed by atoms with E-state index in [1.54, 1.807) is 6.07 Å². The van der Waals surface area contributed by atoms with E-state index in [4.69, 9.17) is 0 Å². The molecule has 1 rings (SSSR count). The van der Waals surface area contributed by atoms with Crippen LogP contribution in [0.15, 0.2) is 22.7 Å². The van der Waals surface area contributed by atoms with Crippen LogP contribution >= 0.6 is 15.9 Å². The van der Waals surface area contributed by atoms with Gasteiger partial charge in [0.05, 0.1) is 0 Å². The molecule has 0 spiro atoms. The summed E-state index contributed by atoms with van der Waals surface area (Å²) < 4.78 is 49.1. The number of rotatable bonds is 5. The van der Waals surface area contributed by atoms with Crippen molar-refractivity contribution in [2.45, 2.75) is 25.6 Å². The first kappa shape index (κ1) is 14.4. The van der Waals surface area contributed by atoms with E-state index in [1.165, 1.54) is 12.1 Å². The van der Waals surface area contributed by atoms with Gasteiger partial charge in [-0.05, 0) is 36.7 Å². The maximum Gasteiger partial charge on any atom is 0.389 e. The van der Waals surface area contributed by atoms with Gasteiger partial charge >= 0.3 is 6.18 Å². The molecule has 1 aromatic carbocycles. The molecule has 0 radical (unpaired) electrons. The molecule has 0 atom stereocenters. The van der Waals surface area contributed by atoms with Crippen molar-refractivity contribution in [1.82, 2.24) is 5.32 Å². The van der Waals surface area contributed by atoms with E-state index in [9.17, 15) is 17.6 Å². The number of hydrogen-bond acceptors (Lipinski definition) is 1. The number of hydrogen-bond donors (Lipinski definition) is 1. The van der Waals surface area contributed by atoms with E-state index in [2.05, 4.69) is 21.2 Å². The first-order valence-electron chi connectivity index (χ1n) is 5.09. The highest BCUT2D eigenvalue weighted by molar-refractivity contribution is 9.10. The maximum atomic E-state index is 13.0. The van der Waals surface area contributed by atoms with Gasteiger partial charge in [0, 0.05) is 17.4 Å². The lowest BCUT2D eigenvalue weighted by atomic mass is 10.2. The second-order valence-electron chi connectivity index (χ2n) is 3.67. The first-order valence-corrected chi connectivity index (χ1v) is 5.88. The number of nitrogens with one attached hydrogen (secondary N) is 1. The number of alkyl halides is 3. The highest BCUT2D eigenvalue weighted by atomic mass is 79.9. The van der Waals surface area contributed by atoms with Crippen molar-refractivity contribution in [2.24, 2.45) is 0 Å². The van der Waals surface area contributed by atoms with Crippen LogP contribution in [0.4, 0.5) is 17.6 Å². The third-order valence-electron chi connectivity index (χ3n) is 2.07. The van der Waals surface area contributed by atoms with Crippen LogP contribution < -0.4 is 5.32 Å². The van der Waals surface area contributed by atoms with Crippen LogP contribution in [0, 0.1) is 5.82 Å². The molecule has 0 fully saturated rings. The van der Waals surface area contributed by atoms with Gasteiger partial charge in [-0.2, -0.15) is 13.2 Å². The van der Waals surface area contributed by atoms with E-state index in [0.29, 0.717) is 16.6 Å². The van der Waals surface area contributed by atoms with E-state index >= 15 is 0 Å². The van der Waals surface area contributed by atoms with Crippen molar-refractivity contribution in [1.29, 1.82) is 0 Å². The summed E-state index contributed by atoms with van der Waals surface area (Å²) in [5, 5.41) is 2.84. The molecule has 0 saturated heterocycles. The van der Waals surface area contributed by atoms with Gasteiger partial charge in [0.2, 0.25) is 0 Å². The largest absolute Gasteiger partial charge is 0.389 e. The zero-order chi connectivity index (χ0) is 12.9. The second-order valence-corrected chi connectivity index (χ2v) is 4.59. The fourth-order valence-corrected chi connectivity index (χ4v) is 1.87.